The molecule has 3 N–H and O–H groups in total. The van der Waals surface area contributed by atoms with E-state index in [1.807, 2.05) is 54.6 Å². The zero-order valence-corrected chi connectivity index (χ0v) is 22.3. The molecule has 6 nitrogen and oxygen atoms in total. The van der Waals surface area contributed by atoms with Gasteiger partial charge < -0.3 is 5.11 Å². The van der Waals surface area contributed by atoms with Crippen LogP contribution in [0.3, 0.4) is 0 Å². The van der Waals surface area contributed by atoms with Gasteiger partial charge in [0.1, 0.15) is 11.4 Å². The maximum absolute atomic E-state index is 12.7. The fourth-order valence-corrected chi connectivity index (χ4v) is 4.15. The van der Waals surface area contributed by atoms with Crippen molar-refractivity contribution in [2.75, 3.05) is 0 Å². The lowest BCUT2D eigenvalue weighted by atomic mass is 9.78. The van der Waals surface area contributed by atoms with Crippen LogP contribution in [0, 0.1) is 0 Å². The van der Waals surface area contributed by atoms with Crippen molar-refractivity contribution in [3.8, 4) is 28.1 Å². The Hall–Kier alpha value is -4.19. The summed E-state index contributed by atoms with van der Waals surface area (Å²) in [6.07, 6.45) is 1.60. The van der Waals surface area contributed by atoms with Crippen LogP contribution in [0.25, 0.3) is 22.4 Å². The molecule has 6 heteroatoms. The fourth-order valence-electron chi connectivity index (χ4n) is 4.15. The van der Waals surface area contributed by atoms with Crippen LogP contribution >= 0.6 is 0 Å². The Kier molecular flexibility index (Phi) is 7.03. The Morgan fingerprint density at radius 2 is 1.38 bits per heavy atom. The van der Waals surface area contributed by atoms with Crippen molar-refractivity contribution in [3.05, 3.63) is 95.2 Å². The molecule has 37 heavy (non-hydrogen) atoms. The quantitative estimate of drug-likeness (QED) is 0.210. The largest absolute Gasteiger partial charge is 0.507 e. The zero-order chi connectivity index (χ0) is 26.8. The van der Waals surface area contributed by atoms with Gasteiger partial charge >= 0.3 is 0 Å². The summed E-state index contributed by atoms with van der Waals surface area (Å²) in [5, 5.41) is 22.2. The molecule has 0 bridgehead atoms. The maximum Gasteiger partial charge on any atom is 0.289 e. The number of phenols is 1. The summed E-state index contributed by atoms with van der Waals surface area (Å²) in [4.78, 5) is 12.7. The third-order valence-electron chi connectivity index (χ3n) is 6.24. The highest BCUT2D eigenvalue weighted by Crippen LogP contribution is 2.39. The number of aromatic hydroxyl groups is 1. The predicted octanol–water partition coefficient (Wildman–Crippen LogP) is 6.81. The van der Waals surface area contributed by atoms with E-state index in [0.717, 1.165) is 33.4 Å². The summed E-state index contributed by atoms with van der Waals surface area (Å²) < 4.78 is 0. The van der Waals surface area contributed by atoms with E-state index in [0.29, 0.717) is 17.1 Å². The van der Waals surface area contributed by atoms with Gasteiger partial charge in [0.2, 0.25) is 0 Å². The molecule has 0 spiro atoms. The third-order valence-corrected chi connectivity index (χ3v) is 6.24. The van der Waals surface area contributed by atoms with Crippen molar-refractivity contribution < 1.29 is 9.90 Å². The van der Waals surface area contributed by atoms with Crippen molar-refractivity contribution in [2.45, 2.75) is 52.4 Å². The summed E-state index contributed by atoms with van der Waals surface area (Å²) >= 11 is 0. The first kappa shape index (κ1) is 25.9. The lowest BCUT2D eigenvalue weighted by Crippen LogP contribution is -2.19. The predicted molar refractivity (Wildman–Crippen MR) is 150 cm³/mol. The van der Waals surface area contributed by atoms with E-state index in [4.69, 9.17) is 0 Å². The number of nitrogens with zero attached hydrogens (tertiary/aromatic N) is 2. The molecular formula is C31H34N4O2. The van der Waals surface area contributed by atoms with E-state index in [9.17, 15) is 9.90 Å². The third kappa shape index (κ3) is 5.97. The first-order valence-electron chi connectivity index (χ1n) is 12.4. The van der Waals surface area contributed by atoms with E-state index >= 15 is 0 Å². The summed E-state index contributed by atoms with van der Waals surface area (Å²) in [7, 11) is 0. The number of aromatic nitrogens is 2. The maximum atomic E-state index is 12.7. The van der Waals surface area contributed by atoms with Gasteiger partial charge in [-0.15, -0.1) is 0 Å². The lowest BCUT2D eigenvalue weighted by Gasteiger charge is -2.27. The van der Waals surface area contributed by atoms with Crippen LogP contribution in [-0.4, -0.2) is 27.4 Å². The van der Waals surface area contributed by atoms with Crippen LogP contribution in [-0.2, 0) is 10.8 Å². The first-order chi connectivity index (χ1) is 17.4. The van der Waals surface area contributed by atoms with Gasteiger partial charge in [-0.2, -0.15) is 10.2 Å². The van der Waals surface area contributed by atoms with Crippen LogP contribution in [0.1, 0.15) is 68.7 Å². The molecule has 0 aliphatic carbocycles. The minimum atomic E-state index is -0.387. The normalized spacial score (nSPS) is 12.2. The van der Waals surface area contributed by atoms with E-state index in [2.05, 4.69) is 74.4 Å². The number of phenolic OH excluding ortho intramolecular Hbond substituents is 1. The van der Waals surface area contributed by atoms with Gasteiger partial charge in [0.05, 0.1) is 11.9 Å². The molecule has 4 rings (SSSR count). The van der Waals surface area contributed by atoms with Gasteiger partial charge in [-0.1, -0.05) is 96.1 Å². The molecular weight excluding hydrogens is 460 g/mol. The number of benzene rings is 3. The number of nitrogens with one attached hydrogen (secondary N) is 2. The molecule has 0 atom stereocenters. The van der Waals surface area contributed by atoms with E-state index in [-0.39, 0.29) is 16.7 Å². The molecule has 0 fully saturated rings. The Morgan fingerprint density at radius 3 is 1.95 bits per heavy atom. The first-order valence-corrected chi connectivity index (χ1v) is 12.4. The number of aromatic amines is 1. The highest BCUT2D eigenvalue weighted by molar-refractivity contribution is 5.94. The molecule has 0 aliphatic heterocycles. The molecule has 0 unspecified atom stereocenters. The SMILES string of the molecule is CC(C)(C)c1cc(/C=N\NC(=O)c2cc(-c3ccc(-c4ccccc4)cc3)n[nH]2)cc(C(C)(C)C)c1O. The fraction of sp³-hybridized carbons (Fsp3) is 0.258. The van der Waals surface area contributed by atoms with Gasteiger partial charge in [-0.3, -0.25) is 9.89 Å². The second-order valence-corrected chi connectivity index (χ2v) is 11.3. The highest BCUT2D eigenvalue weighted by Gasteiger charge is 2.26. The minimum Gasteiger partial charge on any atom is -0.507 e. The van der Waals surface area contributed by atoms with E-state index in [1.165, 1.54) is 0 Å². The van der Waals surface area contributed by atoms with Gasteiger partial charge in [-0.25, -0.2) is 5.43 Å². The number of H-pyrrole nitrogens is 1. The molecule has 0 radical (unpaired) electrons. The van der Waals surface area contributed by atoms with Crippen molar-refractivity contribution in [1.29, 1.82) is 0 Å². The van der Waals surface area contributed by atoms with Crippen molar-refractivity contribution in [3.63, 3.8) is 0 Å². The number of carbonyl (C=O) groups excluding carboxylic acids is 1. The minimum absolute atomic E-state index is 0.247. The Morgan fingerprint density at radius 1 is 0.838 bits per heavy atom. The summed E-state index contributed by atoms with van der Waals surface area (Å²) in [5.41, 5.74) is 8.72. The van der Waals surface area contributed by atoms with Crippen LogP contribution in [0.2, 0.25) is 0 Å². The van der Waals surface area contributed by atoms with Gasteiger partial charge in [0.25, 0.3) is 5.91 Å². The Labute approximate surface area is 218 Å². The van der Waals surface area contributed by atoms with Crippen LogP contribution < -0.4 is 5.43 Å². The van der Waals surface area contributed by atoms with Crippen LogP contribution in [0.4, 0.5) is 0 Å². The number of rotatable bonds is 5. The number of hydrogen-bond acceptors (Lipinski definition) is 4. The lowest BCUT2D eigenvalue weighted by molar-refractivity contribution is 0.0950. The Bertz CT molecular complexity index is 1390. The molecule has 190 valence electrons. The number of hydrogen-bond donors (Lipinski definition) is 3. The zero-order valence-electron chi connectivity index (χ0n) is 22.3. The molecule has 3 aromatic carbocycles. The highest BCUT2D eigenvalue weighted by atomic mass is 16.3. The summed E-state index contributed by atoms with van der Waals surface area (Å²) in [5.74, 6) is -0.0789. The van der Waals surface area contributed by atoms with E-state index < -0.39 is 0 Å². The van der Waals surface area contributed by atoms with Crippen LogP contribution in [0.15, 0.2) is 77.9 Å². The summed E-state index contributed by atoms with van der Waals surface area (Å²) in [6.45, 7) is 12.3. The number of hydrazone groups is 1. The monoisotopic (exact) mass is 494 g/mol. The van der Waals surface area contributed by atoms with Gasteiger partial charge in [0, 0.05) is 16.7 Å². The molecule has 0 aliphatic rings. The average molecular weight is 495 g/mol. The molecule has 0 saturated heterocycles. The smallest absolute Gasteiger partial charge is 0.289 e. The van der Waals surface area contributed by atoms with Crippen LogP contribution in [0.5, 0.6) is 5.75 Å². The number of amides is 1. The standard InChI is InChI=1S/C31H34N4O2/c1-30(2,3)24-16-20(17-25(28(24)36)31(4,5)6)19-32-35-29(37)27-18-26(33-34-27)23-14-12-22(13-15-23)21-10-8-7-9-11-21/h7-19,36H,1-6H3,(H,33,34)(H,35,37)/b32-19-. The molecule has 1 amide bonds. The number of carbonyl (C=O) groups is 1. The second-order valence-electron chi connectivity index (χ2n) is 11.3. The van der Waals surface area contributed by atoms with E-state index in [1.54, 1.807) is 12.3 Å². The van der Waals surface area contributed by atoms with Crippen molar-refractivity contribution in [1.82, 2.24) is 15.6 Å². The van der Waals surface area contributed by atoms with Gasteiger partial charge in [0.15, 0.2) is 0 Å². The van der Waals surface area contributed by atoms with Crippen molar-refractivity contribution in [2.24, 2.45) is 5.10 Å². The topological polar surface area (TPSA) is 90.4 Å². The summed E-state index contributed by atoms with van der Waals surface area (Å²) in [6, 6.07) is 23.7. The Balaban J connectivity index is 1.48. The second kappa shape index (κ2) is 10.1. The average Bonchev–Trinajstić information content (AvgIpc) is 3.34. The molecule has 4 aromatic rings. The van der Waals surface area contributed by atoms with Crippen molar-refractivity contribution >= 4 is 12.1 Å². The molecule has 1 heterocycles. The molecule has 0 saturated carbocycles. The molecule has 1 aromatic heterocycles. The van der Waals surface area contributed by atoms with Gasteiger partial charge in [-0.05, 0) is 45.7 Å².